The number of hydrogen-bond donors (Lipinski definition) is 2. The summed E-state index contributed by atoms with van der Waals surface area (Å²) in [5.74, 6) is -2.91. The van der Waals surface area contributed by atoms with Crippen molar-refractivity contribution in [3.63, 3.8) is 0 Å². The van der Waals surface area contributed by atoms with Crippen LogP contribution in [0.1, 0.15) is 21.5 Å². The standard InChI is InChI=1S/C17H16F2N2O2/c1-11-2-4-12(5-3-11)9-20-16(22)10-21-17(23)14-7-6-13(18)8-15(14)19/h2-8H,9-10H2,1H3,(H,20,22)(H,21,23). The Bertz CT molecular complexity index is 715. The van der Waals surface area contributed by atoms with E-state index in [2.05, 4.69) is 10.6 Å². The van der Waals surface area contributed by atoms with Crippen molar-refractivity contribution in [1.29, 1.82) is 0 Å². The zero-order valence-corrected chi connectivity index (χ0v) is 12.5. The average Bonchev–Trinajstić information content (AvgIpc) is 2.52. The summed E-state index contributed by atoms with van der Waals surface area (Å²) in [5, 5.41) is 4.93. The lowest BCUT2D eigenvalue weighted by atomic mass is 10.1. The number of nitrogens with one attached hydrogen (secondary N) is 2. The minimum atomic E-state index is -0.970. The smallest absolute Gasteiger partial charge is 0.254 e. The lowest BCUT2D eigenvalue weighted by molar-refractivity contribution is -0.120. The first-order valence-corrected chi connectivity index (χ1v) is 7.01. The summed E-state index contributed by atoms with van der Waals surface area (Å²) in [6, 6.07) is 10.3. The molecule has 4 nitrogen and oxygen atoms in total. The van der Waals surface area contributed by atoms with Crippen LogP contribution in [0.25, 0.3) is 0 Å². The van der Waals surface area contributed by atoms with Crippen LogP contribution in [0.3, 0.4) is 0 Å². The van der Waals surface area contributed by atoms with Crippen LogP contribution in [0, 0.1) is 18.6 Å². The normalized spacial score (nSPS) is 10.2. The van der Waals surface area contributed by atoms with Crippen LogP contribution < -0.4 is 10.6 Å². The lowest BCUT2D eigenvalue weighted by Gasteiger charge is -2.08. The van der Waals surface area contributed by atoms with Gasteiger partial charge in [-0.3, -0.25) is 9.59 Å². The Morgan fingerprint density at radius 2 is 1.70 bits per heavy atom. The molecule has 2 amide bonds. The molecule has 0 aliphatic rings. The fourth-order valence-corrected chi connectivity index (χ4v) is 1.90. The number of halogens is 2. The second kappa shape index (κ2) is 7.49. The Labute approximate surface area is 132 Å². The van der Waals surface area contributed by atoms with Gasteiger partial charge in [-0.15, -0.1) is 0 Å². The van der Waals surface area contributed by atoms with Crippen LogP contribution in [0.2, 0.25) is 0 Å². The van der Waals surface area contributed by atoms with E-state index in [1.54, 1.807) is 0 Å². The summed E-state index contributed by atoms with van der Waals surface area (Å²) >= 11 is 0. The molecule has 0 bridgehead atoms. The highest BCUT2D eigenvalue weighted by Gasteiger charge is 2.13. The predicted octanol–water partition coefficient (Wildman–Crippen LogP) is 2.32. The van der Waals surface area contributed by atoms with E-state index < -0.39 is 23.4 Å². The molecule has 0 saturated heterocycles. The van der Waals surface area contributed by atoms with Crippen LogP contribution >= 0.6 is 0 Å². The molecule has 0 heterocycles. The molecule has 0 aliphatic carbocycles. The summed E-state index contributed by atoms with van der Waals surface area (Å²) in [7, 11) is 0. The second-order valence-corrected chi connectivity index (χ2v) is 5.07. The van der Waals surface area contributed by atoms with E-state index in [9.17, 15) is 18.4 Å². The lowest BCUT2D eigenvalue weighted by Crippen LogP contribution is -2.36. The first kappa shape index (κ1) is 16.6. The van der Waals surface area contributed by atoms with Crippen molar-refractivity contribution in [3.8, 4) is 0 Å². The van der Waals surface area contributed by atoms with E-state index in [4.69, 9.17) is 0 Å². The van der Waals surface area contributed by atoms with E-state index >= 15 is 0 Å². The zero-order chi connectivity index (χ0) is 16.8. The third-order valence-electron chi connectivity index (χ3n) is 3.20. The van der Waals surface area contributed by atoms with Crippen molar-refractivity contribution in [2.24, 2.45) is 0 Å². The number of hydrogen-bond acceptors (Lipinski definition) is 2. The molecule has 120 valence electrons. The molecular formula is C17H16F2N2O2. The van der Waals surface area contributed by atoms with Crippen LogP contribution in [0.15, 0.2) is 42.5 Å². The summed E-state index contributed by atoms with van der Waals surface area (Å²) in [5.41, 5.74) is 1.74. The van der Waals surface area contributed by atoms with Crippen molar-refractivity contribution in [3.05, 3.63) is 70.8 Å². The van der Waals surface area contributed by atoms with E-state index in [-0.39, 0.29) is 12.1 Å². The monoisotopic (exact) mass is 318 g/mol. The number of aryl methyl sites for hydroxylation is 1. The molecule has 0 radical (unpaired) electrons. The molecule has 2 aromatic carbocycles. The minimum absolute atomic E-state index is 0.290. The first-order chi connectivity index (χ1) is 11.0. The molecule has 2 N–H and O–H groups in total. The number of amides is 2. The van der Waals surface area contributed by atoms with Crippen LogP contribution in [-0.2, 0) is 11.3 Å². The maximum absolute atomic E-state index is 13.4. The topological polar surface area (TPSA) is 58.2 Å². The number of benzene rings is 2. The summed E-state index contributed by atoms with van der Waals surface area (Å²) in [6.07, 6.45) is 0. The van der Waals surface area contributed by atoms with Gasteiger partial charge in [0, 0.05) is 12.6 Å². The Hall–Kier alpha value is -2.76. The van der Waals surface area contributed by atoms with Gasteiger partial charge in [-0.1, -0.05) is 29.8 Å². The van der Waals surface area contributed by atoms with Gasteiger partial charge in [-0.05, 0) is 24.6 Å². The third kappa shape index (κ3) is 4.88. The Balaban J connectivity index is 1.81. The number of rotatable bonds is 5. The number of carbonyl (C=O) groups is 2. The van der Waals surface area contributed by atoms with Gasteiger partial charge in [0.2, 0.25) is 5.91 Å². The Morgan fingerprint density at radius 3 is 2.35 bits per heavy atom. The molecule has 0 unspecified atom stereocenters. The van der Waals surface area contributed by atoms with E-state index in [0.29, 0.717) is 12.6 Å². The van der Waals surface area contributed by atoms with Gasteiger partial charge in [0.15, 0.2) is 0 Å². The Kier molecular flexibility index (Phi) is 5.41. The third-order valence-corrected chi connectivity index (χ3v) is 3.20. The highest BCUT2D eigenvalue weighted by molar-refractivity contribution is 5.96. The van der Waals surface area contributed by atoms with Gasteiger partial charge in [-0.25, -0.2) is 8.78 Å². The predicted molar refractivity (Wildman–Crippen MR) is 81.7 cm³/mol. The van der Waals surface area contributed by atoms with Gasteiger partial charge in [0.05, 0.1) is 12.1 Å². The largest absolute Gasteiger partial charge is 0.350 e. The maximum atomic E-state index is 13.4. The number of carbonyl (C=O) groups excluding carboxylic acids is 2. The molecule has 0 atom stereocenters. The molecule has 0 saturated carbocycles. The highest BCUT2D eigenvalue weighted by atomic mass is 19.1. The second-order valence-electron chi connectivity index (χ2n) is 5.07. The quantitative estimate of drug-likeness (QED) is 0.889. The molecular weight excluding hydrogens is 302 g/mol. The van der Waals surface area contributed by atoms with E-state index in [1.807, 2.05) is 31.2 Å². The van der Waals surface area contributed by atoms with Crippen molar-refractivity contribution in [1.82, 2.24) is 10.6 Å². The van der Waals surface area contributed by atoms with Crippen molar-refractivity contribution >= 4 is 11.8 Å². The molecule has 23 heavy (non-hydrogen) atoms. The molecule has 2 rings (SSSR count). The highest BCUT2D eigenvalue weighted by Crippen LogP contribution is 2.09. The molecule has 2 aromatic rings. The van der Waals surface area contributed by atoms with Gasteiger partial charge in [-0.2, -0.15) is 0 Å². The average molecular weight is 318 g/mol. The van der Waals surface area contributed by atoms with E-state index in [0.717, 1.165) is 23.3 Å². The molecule has 0 aromatic heterocycles. The first-order valence-electron chi connectivity index (χ1n) is 7.01. The van der Waals surface area contributed by atoms with Crippen LogP contribution in [0.5, 0.6) is 0 Å². The minimum Gasteiger partial charge on any atom is -0.350 e. The Morgan fingerprint density at radius 1 is 1.00 bits per heavy atom. The SMILES string of the molecule is Cc1ccc(CNC(=O)CNC(=O)c2ccc(F)cc2F)cc1. The summed E-state index contributed by atoms with van der Waals surface area (Å²) < 4.78 is 26.2. The van der Waals surface area contributed by atoms with Gasteiger partial charge < -0.3 is 10.6 Å². The zero-order valence-electron chi connectivity index (χ0n) is 12.5. The van der Waals surface area contributed by atoms with Crippen LogP contribution in [0.4, 0.5) is 8.78 Å². The molecule has 0 aliphatic heterocycles. The van der Waals surface area contributed by atoms with E-state index in [1.165, 1.54) is 0 Å². The molecule has 0 spiro atoms. The van der Waals surface area contributed by atoms with Crippen molar-refractivity contribution in [2.45, 2.75) is 13.5 Å². The van der Waals surface area contributed by atoms with Crippen LogP contribution in [-0.4, -0.2) is 18.4 Å². The molecule has 6 heteroatoms. The van der Waals surface area contributed by atoms with Crippen molar-refractivity contribution < 1.29 is 18.4 Å². The summed E-state index contributed by atoms with van der Waals surface area (Å²) in [4.78, 5) is 23.4. The maximum Gasteiger partial charge on any atom is 0.254 e. The molecule has 0 fully saturated rings. The summed E-state index contributed by atoms with van der Waals surface area (Å²) in [6.45, 7) is 2.01. The van der Waals surface area contributed by atoms with Gasteiger partial charge in [0.1, 0.15) is 11.6 Å². The van der Waals surface area contributed by atoms with Crippen molar-refractivity contribution in [2.75, 3.05) is 6.54 Å². The van der Waals surface area contributed by atoms with Gasteiger partial charge >= 0.3 is 0 Å². The fraction of sp³-hybridized carbons (Fsp3) is 0.176. The van der Waals surface area contributed by atoms with Gasteiger partial charge in [0.25, 0.3) is 5.91 Å². The fourth-order valence-electron chi connectivity index (χ4n) is 1.90.